The highest BCUT2D eigenvalue weighted by Crippen LogP contribution is 2.37. The molecule has 1 amide bonds. The molecule has 0 atom stereocenters. The number of para-hydroxylation sites is 1. The van der Waals surface area contributed by atoms with E-state index in [-0.39, 0.29) is 0 Å². The van der Waals surface area contributed by atoms with Crippen LogP contribution in [0.2, 0.25) is 0 Å². The van der Waals surface area contributed by atoms with Gasteiger partial charge in [-0.05, 0) is 44.4 Å². The maximum Gasteiger partial charge on any atom is 0.341 e. The molecule has 3 heterocycles. The zero-order valence-corrected chi connectivity index (χ0v) is 22.0. The number of fused-ring (bicyclic) bond motifs is 3. The van der Waals surface area contributed by atoms with Crippen LogP contribution in [0.4, 0.5) is 5.00 Å². The summed E-state index contributed by atoms with van der Waals surface area (Å²) in [6, 6.07) is 7.50. The van der Waals surface area contributed by atoms with Gasteiger partial charge in [-0.1, -0.05) is 31.0 Å². The highest BCUT2D eigenvalue weighted by molar-refractivity contribution is 7.17. The Morgan fingerprint density at radius 3 is 2.59 bits per heavy atom. The molecule has 194 valence electrons. The first-order chi connectivity index (χ1) is 18.0. The number of hydrogen-bond donors (Lipinski definition) is 1. The molecule has 1 aliphatic heterocycles. The number of methoxy groups -OCH3 is 1. The minimum Gasteiger partial charge on any atom is -0.465 e. The third-order valence-corrected chi connectivity index (χ3v) is 8.30. The van der Waals surface area contributed by atoms with Crippen molar-refractivity contribution >= 4 is 45.1 Å². The Balaban J connectivity index is 1.36. The van der Waals surface area contributed by atoms with Gasteiger partial charge in [-0.15, -0.1) is 11.3 Å². The highest BCUT2D eigenvalue weighted by atomic mass is 32.1. The van der Waals surface area contributed by atoms with Gasteiger partial charge in [-0.2, -0.15) is 0 Å². The van der Waals surface area contributed by atoms with Gasteiger partial charge in [0.15, 0.2) is 6.61 Å². The van der Waals surface area contributed by atoms with Crippen molar-refractivity contribution < 1.29 is 23.9 Å². The SMILES string of the molecule is COC(=O)c1c(NC(=O)COC(=O)c2c3c(nc4ccccc24)CCN(C)C3)sc2c1CCCCCC2. The Kier molecular flexibility index (Phi) is 7.53. The van der Waals surface area contributed by atoms with E-state index in [1.165, 1.54) is 18.4 Å². The van der Waals surface area contributed by atoms with E-state index in [0.717, 1.165) is 78.7 Å². The topological polar surface area (TPSA) is 97.8 Å². The first kappa shape index (κ1) is 25.4. The van der Waals surface area contributed by atoms with E-state index in [0.29, 0.717) is 28.1 Å². The van der Waals surface area contributed by atoms with Crippen LogP contribution in [0.25, 0.3) is 10.9 Å². The molecule has 0 spiro atoms. The molecule has 2 aliphatic rings. The number of aromatic nitrogens is 1. The number of thiophene rings is 1. The fraction of sp³-hybridized carbons (Fsp3) is 0.429. The Morgan fingerprint density at radius 1 is 1.00 bits per heavy atom. The molecule has 8 nitrogen and oxygen atoms in total. The van der Waals surface area contributed by atoms with Crippen molar-refractivity contribution in [3.63, 3.8) is 0 Å². The lowest BCUT2D eigenvalue weighted by Gasteiger charge is -2.26. The molecule has 0 fully saturated rings. The molecule has 1 aliphatic carbocycles. The van der Waals surface area contributed by atoms with Crippen LogP contribution in [0.3, 0.4) is 0 Å². The number of anilines is 1. The molecule has 0 saturated carbocycles. The quantitative estimate of drug-likeness (QED) is 0.493. The average molecular weight is 522 g/mol. The molecule has 5 rings (SSSR count). The fourth-order valence-corrected chi connectivity index (χ4v) is 6.54. The number of aryl methyl sites for hydroxylation is 1. The summed E-state index contributed by atoms with van der Waals surface area (Å²) in [5.41, 5.74) is 4.36. The van der Waals surface area contributed by atoms with Crippen LogP contribution in [0, 0.1) is 0 Å². The van der Waals surface area contributed by atoms with Gasteiger partial charge in [-0.25, -0.2) is 9.59 Å². The monoisotopic (exact) mass is 521 g/mol. The van der Waals surface area contributed by atoms with E-state index < -0.39 is 24.5 Å². The van der Waals surface area contributed by atoms with Gasteiger partial charge in [0.05, 0.1) is 23.8 Å². The number of ether oxygens (including phenoxy) is 2. The van der Waals surface area contributed by atoms with Gasteiger partial charge in [0, 0.05) is 41.0 Å². The number of nitrogens with zero attached hydrogens (tertiary/aromatic N) is 2. The third-order valence-electron chi connectivity index (χ3n) is 7.09. The van der Waals surface area contributed by atoms with Crippen LogP contribution < -0.4 is 5.32 Å². The fourth-order valence-electron chi connectivity index (χ4n) is 5.25. The predicted molar refractivity (Wildman–Crippen MR) is 142 cm³/mol. The Labute approximate surface area is 220 Å². The van der Waals surface area contributed by atoms with Crippen molar-refractivity contribution in [1.82, 2.24) is 9.88 Å². The van der Waals surface area contributed by atoms with Gasteiger partial charge >= 0.3 is 11.9 Å². The summed E-state index contributed by atoms with van der Waals surface area (Å²) < 4.78 is 10.6. The molecular weight excluding hydrogens is 490 g/mol. The van der Waals surface area contributed by atoms with Crippen molar-refractivity contribution in [3.05, 3.63) is 57.1 Å². The zero-order chi connectivity index (χ0) is 25.9. The summed E-state index contributed by atoms with van der Waals surface area (Å²) in [7, 11) is 3.35. The average Bonchev–Trinajstić information content (AvgIpc) is 3.20. The lowest BCUT2D eigenvalue weighted by molar-refractivity contribution is -0.119. The van der Waals surface area contributed by atoms with E-state index in [4.69, 9.17) is 14.5 Å². The van der Waals surface area contributed by atoms with E-state index in [9.17, 15) is 14.4 Å². The summed E-state index contributed by atoms with van der Waals surface area (Å²) in [6.07, 6.45) is 6.75. The molecule has 2 aromatic heterocycles. The van der Waals surface area contributed by atoms with Crippen LogP contribution >= 0.6 is 11.3 Å². The van der Waals surface area contributed by atoms with Crippen LogP contribution in [-0.2, 0) is 40.1 Å². The van der Waals surface area contributed by atoms with Gasteiger partial charge in [0.25, 0.3) is 5.91 Å². The second kappa shape index (κ2) is 11.0. The Hall–Kier alpha value is -3.30. The normalized spacial score (nSPS) is 15.7. The first-order valence-electron chi connectivity index (χ1n) is 12.7. The number of carbonyl (C=O) groups excluding carboxylic acids is 3. The molecule has 0 radical (unpaired) electrons. The summed E-state index contributed by atoms with van der Waals surface area (Å²) in [6.45, 7) is 0.999. The molecular formula is C28H31N3O5S. The van der Waals surface area contributed by atoms with Crippen molar-refractivity contribution in [1.29, 1.82) is 0 Å². The molecule has 37 heavy (non-hydrogen) atoms. The summed E-state index contributed by atoms with van der Waals surface area (Å²) in [5, 5.41) is 4.00. The lowest BCUT2D eigenvalue weighted by atomic mass is 9.96. The summed E-state index contributed by atoms with van der Waals surface area (Å²) in [4.78, 5) is 46.9. The number of benzene rings is 1. The van der Waals surface area contributed by atoms with Crippen molar-refractivity contribution in [2.45, 2.75) is 51.5 Å². The van der Waals surface area contributed by atoms with Crippen LogP contribution in [-0.4, -0.2) is 55.0 Å². The third kappa shape index (κ3) is 5.24. The number of hydrogen-bond acceptors (Lipinski definition) is 8. The molecule has 9 heteroatoms. The van der Waals surface area contributed by atoms with Crippen molar-refractivity contribution in [2.75, 3.05) is 32.6 Å². The van der Waals surface area contributed by atoms with Crippen LogP contribution in [0.5, 0.6) is 0 Å². The minimum atomic E-state index is -0.549. The summed E-state index contributed by atoms with van der Waals surface area (Å²) >= 11 is 1.42. The zero-order valence-electron chi connectivity index (χ0n) is 21.2. The second-order valence-corrected chi connectivity index (χ2v) is 10.8. The standard InChI is InChI=1S/C28H31N3O5S/c1-31-14-13-21-19(15-31)24(17-9-7-8-11-20(17)29-21)28(34)36-16-23(32)30-26-25(27(33)35-2)18-10-5-3-4-6-12-22(18)37-26/h7-9,11H,3-6,10,12-16H2,1-2H3,(H,30,32). The number of pyridine rings is 1. The highest BCUT2D eigenvalue weighted by Gasteiger charge is 2.28. The second-order valence-electron chi connectivity index (χ2n) is 9.66. The van der Waals surface area contributed by atoms with E-state index in [1.807, 2.05) is 31.3 Å². The molecule has 3 aromatic rings. The van der Waals surface area contributed by atoms with Gasteiger partial charge in [0.1, 0.15) is 5.00 Å². The van der Waals surface area contributed by atoms with Crippen molar-refractivity contribution in [2.24, 2.45) is 0 Å². The molecule has 0 unspecified atom stereocenters. The number of likely N-dealkylation sites (N-methyl/N-ethyl adjacent to an activating group) is 1. The smallest absolute Gasteiger partial charge is 0.341 e. The van der Waals surface area contributed by atoms with Crippen molar-refractivity contribution in [3.8, 4) is 0 Å². The number of nitrogens with one attached hydrogen (secondary N) is 1. The van der Waals surface area contributed by atoms with E-state index in [1.54, 1.807) is 0 Å². The minimum absolute atomic E-state index is 0.432. The largest absolute Gasteiger partial charge is 0.465 e. The predicted octanol–water partition coefficient (Wildman–Crippen LogP) is 4.53. The van der Waals surface area contributed by atoms with E-state index >= 15 is 0 Å². The maximum absolute atomic E-state index is 13.3. The number of esters is 2. The Morgan fingerprint density at radius 2 is 1.78 bits per heavy atom. The number of carbonyl (C=O) groups is 3. The van der Waals surface area contributed by atoms with Crippen LogP contribution in [0.15, 0.2) is 24.3 Å². The molecule has 0 bridgehead atoms. The first-order valence-corrected chi connectivity index (χ1v) is 13.6. The molecule has 1 aromatic carbocycles. The summed E-state index contributed by atoms with van der Waals surface area (Å²) in [5.74, 6) is -1.49. The number of amides is 1. The molecule has 0 saturated heterocycles. The van der Waals surface area contributed by atoms with Gasteiger partial charge in [-0.3, -0.25) is 9.78 Å². The maximum atomic E-state index is 13.3. The number of rotatable bonds is 5. The molecule has 1 N–H and O–H groups in total. The van der Waals surface area contributed by atoms with E-state index in [2.05, 4.69) is 10.2 Å². The van der Waals surface area contributed by atoms with Crippen LogP contribution in [0.1, 0.15) is 68.1 Å². The lowest BCUT2D eigenvalue weighted by Crippen LogP contribution is -2.30. The van der Waals surface area contributed by atoms with Gasteiger partial charge in [0.2, 0.25) is 0 Å². The van der Waals surface area contributed by atoms with Gasteiger partial charge < -0.3 is 19.7 Å². The Bertz CT molecular complexity index is 1370.